The number of methoxy groups -OCH3 is 1. The largest absolute Gasteiger partial charge is 0.496 e. The van der Waals surface area contributed by atoms with Gasteiger partial charge in [-0.05, 0) is 43.3 Å². The fourth-order valence-corrected chi connectivity index (χ4v) is 2.37. The Labute approximate surface area is 160 Å². The zero-order valence-corrected chi connectivity index (χ0v) is 15.1. The number of nitrogens with two attached hydrogens (primary N) is 1. The molecule has 0 unspecified atom stereocenters. The van der Waals surface area contributed by atoms with Crippen LogP contribution < -0.4 is 21.1 Å². The van der Waals surface area contributed by atoms with Crippen molar-refractivity contribution in [2.45, 2.75) is 6.42 Å². The molecule has 0 atom stereocenters. The minimum atomic E-state index is -0.620. The summed E-state index contributed by atoms with van der Waals surface area (Å²) in [6.45, 7) is 0.907. The molecule has 0 saturated heterocycles. The molecule has 146 valence electrons. The van der Waals surface area contributed by atoms with E-state index in [2.05, 4.69) is 20.8 Å². The van der Waals surface area contributed by atoms with E-state index in [-0.39, 0.29) is 23.2 Å². The number of furan rings is 1. The van der Waals surface area contributed by atoms with Crippen LogP contribution in [0.2, 0.25) is 0 Å². The molecule has 0 aliphatic carbocycles. The van der Waals surface area contributed by atoms with E-state index in [1.165, 1.54) is 19.4 Å². The van der Waals surface area contributed by atoms with Crippen molar-refractivity contribution in [2.75, 3.05) is 25.5 Å². The van der Waals surface area contributed by atoms with Gasteiger partial charge in [0.25, 0.3) is 5.91 Å². The van der Waals surface area contributed by atoms with Gasteiger partial charge in [0.05, 0.1) is 18.9 Å². The number of ether oxygens (including phenoxy) is 1. The second-order valence-corrected chi connectivity index (χ2v) is 5.67. The first kappa shape index (κ1) is 19.1. The second-order valence-electron chi connectivity index (χ2n) is 5.67. The molecule has 0 bridgehead atoms. The molecule has 10 heteroatoms. The van der Waals surface area contributed by atoms with Crippen LogP contribution in [-0.2, 0) is 0 Å². The number of anilines is 1. The van der Waals surface area contributed by atoms with Gasteiger partial charge < -0.3 is 30.0 Å². The van der Waals surface area contributed by atoms with Crippen LogP contribution in [0, 0.1) is 0 Å². The van der Waals surface area contributed by atoms with Gasteiger partial charge in [-0.25, -0.2) is 0 Å². The number of benzene rings is 1. The molecule has 0 aliphatic rings. The summed E-state index contributed by atoms with van der Waals surface area (Å²) in [7, 11) is 1.46. The highest BCUT2D eigenvalue weighted by molar-refractivity contribution is 6.03. The molecule has 4 N–H and O–H groups in total. The first-order chi connectivity index (χ1) is 13.6. The lowest BCUT2D eigenvalue weighted by atomic mass is 10.1. The average molecular weight is 385 g/mol. The summed E-state index contributed by atoms with van der Waals surface area (Å²) in [4.78, 5) is 28.7. The van der Waals surface area contributed by atoms with Gasteiger partial charge in [0, 0.05) is 12.2 Å². The van der Waals surface area contributed by atoms with Crippen LogP contribution in [0.5, 0.6) is 5.75 Å². The van der Waals surface area contributed by atoms with E-state index in [4.69, 9.17) is 19.4 Å². The molecule has 0 radical (unpaired) electrons. The Morgan fingerprint density at radius 3 is 2.82 bits per heavy atom. The van der Waals surface area contributed by atoms with Crippen LogP contribution in [-0.4, -0.2) is 42.2 Å². The Bertz CT molecular complexity index is 951. The minimum Gasteiger partial charge on any atom is -0.496 e. The third-order valence-corrected chi connectivity index (χ3v) is 3.73. The van der Waals surface area contributed by atoms with E-state index in [0.29, 0.717) is 36.7 Å². The van der Waals surface area contributed by atoms with Gasteiger partial charge in [-0.1, -0.05) is 5.16 Å². The monoisotopic (exact) mass is 385 g/mol. The molecule has 28 heavy (non-hydrogen) atoms. The number of rotatable bonds is 8. The number of carbonyl (C=O) groups is 2. The zero-order chi connectivity index (χ0) is 19.9. The summed E-state index contributed by atoms with van der Waals surface area (Å²) in [5.41, 5.74) is 6.07. The molecule has 10 nitrogen and oxygen atoms in total. The van der Waals surface area contributed by atoms with Crippen molar-refractivity contribution in [2.24, 2.45) is 5.73 Å². The Morgan fingerprint density at radius 2 is 2.11 bits per heavy atom. The maximum absolute atomic E-state index is 12.4. The Balaban J connectivity index is 1.74. The maximum Gasteiger partial charge on any atom is 0.316 e. The van der Waals surface area contributed by atoms with Crippen molar-refractivity contribution in [3.8, 4) is 17.3 Å². The van der Waals surface area contributed by atoms with Gasteiger partial charge in [0.1, 0.15) is 5.75 Å². The Hall–Kier alpha value is -3.66. The molecule has 0 saturated carbocycles. The molecule has 0 aliphatic heterocycles. The van der Waals surface area contributed by atoms with Crippen molar-refractivity contribution in [1.29, 1.82) is 0 Å². The van der Waals surface area contributed by atoms with Crippen LogP contribution in [0.25, 0.3) is 11.6 Å². The Kier molecular flexibility index (Phi) is 6.02. The smallest absolute Gasteiger partial charge is 0.316 e. The van der Waals surface area contributed by atoms with Crippen LogP contribution in [0.1, 0.15) is 27.5 Å². The van der Waals surface area contributed by atoms with Crippen molar-refractivity contribution in [1.82, 2.24) is 15.5 Å². The summed E-state index contributed by atoms with van der Waals surface area (Å²) >= 11 is 0. The summed E-state index contributed by atoms with van der Waals surface area (Å²) in [6, 6.07) is 7.99. The number of amides is 2. The van der Waals surface area contributed by atoms with Gasteiger partial charge in [-0.15, -0.1) is 0 Å². The van der Waals surface area contributed by atoms with Crippen molar-refractivity contribution >= 4 is 17.5 Å². The molecule has 0 fully saturated rings. The van der Waals surface area contributed by atoms with Crippen LogP contribution in [0.3, 0.4) is 0 Å². The van der Waals surface area contributed by atoms with E-state index in [1.807, 2.05) is 0 Å². The number of carbonyl (C=O) groups excluding carboxylic acids is 2. The molecule has 2 aromatic heterocycles. The number of nitrogens with one attached hydrogen (secondary N) is 2. The topological polar surface area (TPSA) is 146 Å². The third-order valence-electron chi connectivity index (χ3n) is 3.73. The summed E-state index contributed by atoms with van der Waals surface area (Å²) in [5, 5.41) is 9.05. The standard InChI is InChI=1S/C18H19N5O5/c1-26-13-6-5-11(10-12(13)16(24)20-8-3-7-19)21-17(25)18-22-15(23-28-18)14-4-2-9-27-14/h2,4-6,9-10H,3,7-8,19H2,1H3,(H,20,24)(H,21,25). The maximum atomic E-state index is 12.4. The number of hydrogen-bond acceptors (Lipinski definition) is 8. The molecule has 2 heterocycles. The summed E-state index contributed by atoms with van der Waals surface area (Å²) in [6.07, 6.45) is 2.11. The Morgan fingerprint density at radius 1 is 1.25 bits per heavy atom. The lowest BCUT2D eigenvalue weighted by Gasteiger charge is -2.11. The van der Waals surface area contributed by atoms with Gasteiger partial charge in [-0.2, -0.15) is 4.98 Å². The highest BCUT2D eigenvalue weighted by atomic mass is 16.5. The van der Waals surface area contributed by atoms with Crippen LogP contribution >= 0.6 is 0 Å². The zero-order valence-electron chi connectivity index (χ0n) is 15.1. The third kappa shape index (κ3) is 4.35. The molecule has 0 spiro atoms. The number of aromatic nitrogens is 2. The van der Waals surface area contributed by atoms with E-state index < -0.39 is 5.91 Å². The highest BCUT2D eigenvalue weighted by Gasteiger charge is 2.19. The predicted molar refractivity (Wildman–Crippen MR) is 99.0 cm³/mol. The second kappa shape index (κ2) is 8.82. The summed E-state index contributed by atoms with van der Waals surface area (Å²) in [5.74, 6) is -0.282. The molecular formula is C18H19N5O5. The van der Waals surface area contributed by atoms with Crippen molar-refractivity contribution in [3.63, 3.8) is 0 Å². The fourth-order valence-electron chi connectivity index (χ4n) is 2.37. The average Bonchev–Trinajstić information content (AvgIpc) is 3.39. The molecule has 2 amide bonds. The van der Waals surface area contributed by atoms with E-state index in [9.17, 15) is 9.59 Å². The first-order valence-corrected chi connectivity index (χ1v) is 8.47. The summed E-state index contributed by atoms with van der Waals surface area (Å²) < 4.78 is 15.3. The SMILES string of the molecule is COc1ccc(NC(=O)c2nc(-c3ccco3)no2)cc1C(=O)NCCCN. The number of hydrogen-bond donors (Lipinski definition) is 3. The van der Waals surface area contributed by atoms with Crippen molar-refractivity contribution in [3.05, 3.63) is 48.0 Å². The van der Waals surface area contributed by atoms with E-state index in [0.717, 1.165) is 0 Å². The van der Waals surface area contributed by atoms with Gasteiger partial charge in [0.2, 0.25) is 5.82 Å². The normalized spacial score (nSPS) is 10.5. The minimum absolute atomic E-state index is 0.157. The van der Waals surface area contributed by atoms with Gasteiger partial charge in [-0.3, -0.25) is 9.59 Å². The van der Waals surface area contributed by atoms with E-state index >= 15 is 0 Å². The molecule has 3 rings (SSSR count). The van der Waals surface area contributed by atoms with Crippen molar-refractivity contribution < 1.29 is 23.3 Å². The number of nitrogens with zero attached hydrogens (tertiary/aromatic N) is 2. The molecule has 1 aromatic carbocycles. The molecular weight excluding hydrogens is 366 g/mol. The van der Waals surface area contributed by atoms with Gasteiger partial charge in [0.15, 0.2) is 5.76 Å². The van der Waals surface area contributed by atoms with Crippen LogP contribution in [0.4, 0.5) is 5.69 Å². The lowest BCUT2D eigenvalue weighted by molar-refractivity contribution is 0.0947. The fraction of sp³-hybridized carbons (Fsp3) is 0.222. The quantitative estimate of drug-likeness (QED) is 0.496. The molecule has 3 aromatic rings. The predicted octanol–water partition coefficient (Wildman–Crippen LogP) is 1.67. The van der Waals surface area contributed by atoms with E-state index in [1.54, 1.807) is 24.3 Å². The lowest BCUT2D eigenvalue weighted by Crippen LogP contribution is -2.26. The highest BCUT2D eigenvalue weighted by Crippen LogP contribution is 2.23. The first-order valence-electron chi connectivity index (χ1n) is 8.47. The van der Waals surface area contributed by atoms with Gasteiger partial charge >= 0.3 is 11.8 Å². The van der Waals surface area contributed by atoms with Crippen LogP contribution in [0.15, 0.2) is 45.5 Å².